The Morgan fingerprint density at radius 3 is 2.21 bits per heavy atom. The van der Waals surface area contributed by atoms with Crippen LogP contribution in [0.3, 0.4) is 0 Å². The summed E-state index contributed by atoms with van der Waals surface area (Å²) in [6.07, 6.45) is 3.31. The van der Waals surface area contributed by atoms with E-state index in [2.05, 4.69) is 0 Å². The van der Waals surface area contributed by atoms with Crippen LogP contribution in [0.15, 0.2) is 78.9 Å². The minimum absolute atomic E-state index is 0.119. The van der Waals surface area contributed by atoms with Gasteiger partial charge in [-0.3, -0.25) is 4.79 Å². The van der Waals surface area contributed by atoms with E-state index in [1.165, 1.54) is 18.7 Å². The van der Waals surface area contributed by atoms with Crippen LogP contribution in [0.2, 0.25) is 0 Å². The molecule has 4 heteroatoms. The van der Waals surface area contributed by atoms with Gasteiger partial charge in [-0.15, -0.1) is 0 Å². The van der Waals surface area contributed by atoms with Gasteiger partial charge in [-0.05, 0) is 61.0 Å². The maximum Gasteiger partial charge on any atom is 0.343 e. The summed E-state index contributed by atoms with van der Waals surface area (Å²) in [5.41, 5.74) is 3.04. The SMILES string of the molecule is COc1cccc(C(=O)Oc2ccc(C(=O)/C=C/c3ccc(C)cc3)cc2)c1. The van der Waals surface area contributed by atoms with Gasteiger partial charge < -0.3 is 9.47 Å². The summed E-state index contributed by atoms with van der Waals surface area (Å²) in [6, 6.07) is 21.1. The van der Waals surface area contributed by atoms with Crippen molar-refractivity contribution in [1.82, 2.24) is 0 Å². The average Bonchev–Trinajstić information content (AvgIpc) is 2.73. The third kappa shape index (κ3) is 4.95. The van der Waals surface area contributed by atoms with Crippen LogP contribution in [0, 0.1) is 6.92 Å². The molecule has 0 radical (unpaired) electrons. The second kappa shape index (κ2) is 8.82. The van der Waals surface area contributed by atoms with E-state index < -0.39 is 5.97 Å². The van der Waals surface area contributed by atoms with E-state index in [4.69, 9.17) is 9.47 Å². The lowest BCUT2D eigenvalue weighted by Crippen LogP contribution is -2.08. The summed E-state index contributed by atoms with van der Waals surface area (Å²) in [6.45, 7) is 2.02. The van der Waals surface area contributed by atoms with Crippen LogP contribution < -0.4 is 9.47 Å². The first-order chi connectivity index (χ1) is 13.5. The molecule has 0 unspecified atom stereocenters. The van der Waals surface area contributed by atoms with Gasteiger partial charge in [0.15, 0.2) is 5.78 Å². The zero-order chi connectivity index (χ0) is 19.9. The maximum atomic E-state index is 12.3. The predicted octanol–water partition coefficient (Wildman–Crippen LogP) is 5.12. The highest BCUT2D eigenvalue weighted by Gasteiger charge is 2.10. The summed E-state index contributed by atoms with van der Waals surface area (Å²) in [4.78, 5) is 24.5. The lowest BCUT2D eigenvalue weighted by Gasteiger charge is -2.06. The molecule has 0 aromatic heterocycles. The number of hydrogen-bond acceptors (Lipinski definition) is 4. The van der Waals surface area contributed by atoms with Gasteiger partial charge in [-0.1, -0.05) is 42.0 Å². The van der Waals surface area contributed by atoms with E-state index in [0.29, 0.717) is 22.6 Å². The molecule has 4 nitrogen and oxygen atoms in total. The number of hydrogen-bond donors (Lipinski definition) is 0. The second-order valence-electron chi connectivity index (χ2n) is 6.25. The van der Waals surface area contributed by atoms with E-state index in [0.717, 1.165) is 5.56 Å². The molecule has 0 aliphatic carbocycles. The van der Waals surface area contributed by atoms with E-state index in [-0.39, 0.29) is 5.78 Å². The predicted molar refractivity (Wildman–Crippen MR) is 109 cm³/mol. The van der Waals surface area contributed by atoms with Gasteiger partial charge in [-0.25, -0.2) is 4.79 Å². The van der Waals surface area contributed by atoms with Crippen LogP contribution >= 0.6 is 0 Å². The van der Waals surface area contributed by atoms with E-state index in [1.807, 2.05) is 31.2 Å². The molecule has 0 saturated heterocycles. The number of ether oxygens (including phenoxy) is 2. The maximum absolute atomic E-state index is 12.3. The van der Waals surface area contributed by atoms with Crippen molar-refractivity contribution in [2.24, 2.45) is 0 Å². The van der Waals surface area contributed by atoms with Crippen LogP contribution in [0.5, 0.6) is 11.5 Å². The van der Waals surface area contributed by atoms with Crippen molar-refractivity contribution in [1.29, 1.82) is 0 Å². The van der Waals surface area contributed by atoms with Gasteiger partial charge in [0.05, 0.1) is 12.7 Å². The lowest BCUT2D eigenvalue weighted by atomic mass is 10.1. The van der Waals surface area contributed by atoms with Crippen molar-refractivity contribution in [3.63, 3.8) is 0 Å². The molecule has 140 valence electrons. The van der Waals surface area contributed by atoms with Crippen LogP contribution in [-0.2, 0) is 0 Å². The van der Waals surface area contributed by atoms with E-state index in [1.54, 1.807) is 54.6 Å². The molecule has 0 atom stereocenters. The van der Waals surface area contributed by atoms with Gasteiger partial charge in [-0.2, -0.15) is 0 Å². The van der Waals surface area contributed by atoms with Crippen molar-refractivity contribution in [2.45, 2.75) is 6.92 Å². The van der Waals surface area contributed by atoms with Crippen molar-refractivity contribution in [2.75, 3.05) is 7.11 Å². The minimum Gasteiger partial charge on any atom is -0.497 e. The first-order valence-electron chi connectivity index (χ1n) is 8.80. The van der Waals surface area contributed by atoms with Crippen molar-refractivity contribution >= 4 is 17.8 Å². The van der Waals surface area contributed by atoms with Gasteiger partial charge in [0.25, 0.3) is 0 Å². The fourth-order valence-corrected chi connectivity index (χ4v) is 2.55. The number of ketones is 1. The highest BCUT2D eigenvalue weighted by Crippen LogP contribution is 2.18. The smallest absolute Gasteiger partial charge is 0.343 e. The standard InChI is InChI=1S/C24H20O4/c1-17-6-8-18(9-7-17)10-15-23(25)19-11-13-21(14-12-19)28-24(26)20-4-3-5-22(16-20)27-2/h3-16H,1-2H3/b15-10+. The van der Waals surface area contributed by atoms with Crippen LogP contribution in [0.25, 0.3) is 6.08 Å². The Balaban J connectivity index is 1.64. The Labute approximate surface area is 164 Å². The number of carbonyl (C=O) groups is 2. The zero-order valence-electron chi connectivity index (χ0n) is 15.7. The fraction of sp³-hybridized carbons (Fsp3) is 0.0833. The molecule has 3 aromatic carbocycles. The summed E-state index contributed by atoms with van der Waals surface area (Å²) < 4.78 is 10.5. The van der Waals surface area contributed by atoms with Gasteiger partial charge in [0, 0.05) is 5.56 Å². The van der Waals surface area contributed by atoms with E-state index in [9.17, 15) is 9.59 Å². The Bertz CT molecular complexity index is 1000. The summed E-state index contributed by atoms with van der Waals surface area (Å²) >= 11 is 0. The Kier molecular flexibility index (Phi) is 6.02. The molecule has 3 aromatic rings. The van der Waals surface area contributed by atoms with Crippen molar-refractivity contribution in [3.8, 4) is 11.5 Å². The van der Waals surface area contributed by atoms with Gasteiger partial charge >= 0.3 is 5.97 Å². The third-order valence-electron chi connectivity index (χ3n) is 4.16. The van der Waals surface area contributed by atoms with E-state index >= 15 is 0 Å². The molecular formula is C24H20O4. The molecule has 0 heterocycles. The normalized spacial score (nSPS) is 10.6. The first kappa shape index (κ1) is 19.1. The monoisotopic (exact) mass is 372 g/mol. The number of allylic oxidation sites excluding steroid dienone is 1. The summed E-state index contributed by atoms with van der Waals surface area (Å²) in [5.74, 6) is 0.339. The molecule has 0 N–H and O–H groups in total. The molecule has 28 heavy (non-hydrogen) atoms. The molecule has 3 rings (SSSR count). The number of benzene rings is 3. The van der Waals surface area contributed by atoms with Crippen molar-refractivity contribution in [3.05, 3.63) is 101 Å². The number of aryl methyl sites for hydroxylation is 1. The molecule has 0 bridgehead atoms. The lowest BCUT2D eigenvalue weighted by molar-refractivity contribution is 0.0734. The van der Waals surface area contributed by atoms with Gasteiger partial charge in [0.2, 0.25) is 0 Å². The Morgan fingerprint density at radius 1 is 0.821 bits per heavy atom. The first-order valence-corrected chi connectivity index (χ1v) is 8.80. The fourth-order valence-electron chi connectivity index (χ4n) is 2.55. The topological polar surface area (TPSA) is 52.6 Å². The zero-order valence-corrected chi connectivity index (χ0v) is 15.7. The number of carbonyl (C=O) groups excluding carboxylic acids is 2. The largest absolute Gasteiger partial charge is 0.497 e. The quantitative estimate of drug-likeness (QED) is 0.261. The minimum atomic E-state index is -0.489. The highest BCUT2D eigenvalue weighted by molar-refractivity contribution is 6.06. The number of methoxy groups -OCH3 is 1. The number of esters is 1. The van der Waals surface area contributed by atoms with Crippen molar-refractivity contribution < 1.29 is 19.1 Å². The molecule has 0 aliphatic rings. The molecule has 0 fully saturated rings. The van der Waals surface area contributed by atoms with Crippen LogP contribution in [0.1, 0.15) is 31.8 Å². The molecule has 0 aliphatic heterocycles. The Morgan fingerprint density at radius 2 is 1.54 bits per heavy atom. The molecule has 0 spiro atoms. The van der Waals surface area contributed by atoms with Gasteiger partial charge in [0.1, 0.15) is 11.5 Å². The van der Waals surface area contributed by atoms with Crippen LogP contribution in [0.4, 0.5) is 0 Å². The second-order valence-corrected chi connectivity index (χ2v) is 6.25. The molecule has 0 amide bonds. The summed E-state index contributed by atoms with van der Waals surface area (Å²) in [5, 5.41) is 0. The average molecular weight is 372 g/mol. The number of rotatable bonds is 6. The summed E-state index contributed by atoms with van der Waals surface area (Å²) in [7, 11) is 1.54. The highest BCUT2D eigenvalue weighted by atomic mass is 16.5. The Hall–Kier alpha value is -3.66. The molecule has 0 saturated carbocycles. The third-order valence-corrected chi connectivity index (χ3v) is 4.16. The van der Waals surface area contributed by atoms with Crippen LogP contribution in [-0.4, -0.2) is 18.9 Å². The molecular weight excluding hydrogens is 352 g/mol.